The van der Waals surface area contributed by atoms with E-state index in [1.165, 1.54) is 38.5 Å². The van der Waals surface area contributed by atoms with Crippen molar-refractivity contribution >= 4 is 24.2 Å². The van der Waals surface area contributed by atoms with Gasteiger partial charge in [0.1, 0.15) is 31.0 Å². The number of carboxylic acids is 1. The van der Waals surface area contributed by atoms with Crippen molar-refractivity contribution in [3.05, 3.63) is 179 Å². The molecular formula is C50H42F6O9. The molecule has 6 rings (SSSR count). The van der Waals surface area contributed by atoms with E-state index in [1.807, 2.05) is 36.4 Å². The molecule has 0 amide bonds. The first-order chi connectivity index (χ1) is 31.0. The van der Waals surface area contributed by atoms with Crippen molar-refractivity contribution in [1.82, 2.24) is 0 Å². The molecule has 65 heavy (non-hydrogen) atoms. The molecular weight excluding hydrogens is 859 g/mol. The molecule has 0 aliphatic rings. The number of carbonyl (C=O) groups is 4. The monoisotopic (exact) mass is 900 g/mol. The minimum Gasteiger partial charge on any atom is -0.489 e. The van der Waals surface area contributed by atoms with E-state index in [0.29, 0.717) is 40.0 Å². The molecule has 2 atom stereocenters. The SMILES string of the molecule is COC(=O)C[C@H](C(=O)O)c1ccc(OCc2cccc(-c3ccc(C(F)(F)F)cc3)c2)cc1.COC(=O)C[C@H](C=O)c1ccc(OCc2cccc(-c3ccc(C(F)(F)F)cc3)c2)cc1. The highest BCUT2D eigenvalue weighted by atomic mass is 19.4. The van der Waals surface area contributed by atoms with Crippen molar-refractivity contribution in [2.45, 2.75) is 50.2 Å². The predicted molar refractivity (Wildman–Crippen MR) is 228 cm³/mol. The van der Waals surface area contributed by atoms with Gasteiger partial charge in [0.25, 0.3) is 0 Å². The van der Waals surface area contributed by atoms with Crippen molar-refractivity contribution in [3.8, 4) is 33.8 Å². The van der Waals surface area contributed by atoms with Crippen LogP contribution in [0.2, 0.25) is 0 Å². The molecule has 0 saturated heterocycles. The zero-order valence-electron chi connectivity index (χ0n) is 34.9. The van der Waals surface area contributed by atoms with E-state index in [-0.39, 0.29) is 26.1 Å². The number of halogens is 6. The molecule has 0 radical (unpaired) electrons. The minimum atomic E-state index is -4.38. The van der Waals surface area contributed by atoms with Crippen LogP contribution in [0.5, 0.6) is 11.5 Å². The van der Waals surface area contributed by atoms with Crippen molar-refractivity contribution in [2.75, 3.05) is 14.2 Å². The second-order valence-corrected chi connectivity index (χ2v) is 14.5. The third kappa shape index (κ3) is 14.3. The Labute approximate surface area is 370 Å². The fourth-order valence-electron chi connectivity index (χ4n) is 6.43. The van der Waals surface area contributed by atoms with Crippen molar-refractivity contribution < 1.29 is 69.6 Å². The molecule has 0 heterocycles. The van der Waals surface area contributed by atoms with E-state index in [4.69, 9.17) is 9.47 Å². The van der Waals surface area contributed by atoms with Gasteiger partial charge in [0.2, 0.25) is 0 Å². The van der Waals surface area contributed by atoms with Crippen LogP contribution in [0.15, 0.2) is 146 Å². The van der Waals surface area contributed by atoms with Gasteiger partial charge in [-0.25, -0.2) is 0 Å². The third-order valence-corrected chi connectivity index (χ3v) is 10.0. The molecule has 6 aromatic carbocycles. The maximum absolute atomic E-state index is 12.8. The fourth-order valence-corrected chi connectivity index (χ4v) is 6.43. The van der Waals surface area contributed by atoms with Crippen LogP contribution in [-0.2, 0) is 54.2 Å². The third-order valence-electron chi connectivity index (χ3n) is 10.0. The molecule has 6 aromatic rings. The average molecular weight is 901 g/mol. The lowest BCUT2D eigenvalue weighted by atomic mass is 9.96. The highest BCUT2D eigenvalue weighted by Crippen LogP contribution is 2.33. The molecule has 9 nitrogen and oxygen atoms in total. The second kappa shape index (κ2) is 22.3. The van der Waals surface area contributed by atoms with E-state index >= 15 is 0 Å². The number of benzene rings is 6. The Morgan fingerprint density at radius 2 is 0.938 bits per heavy atom. The Hall–Kier alpha value is -7.42. The van der Waals surface area contributed by atoms with Crippen LogP contribution in [0.3, 0.4) is 0 Å². The molecule has 0 unspecified atom stereocenters. The lowest BCUT2D eigenvalue weighted by molar-refractivity contribution is -0.147. The lowest BCUT2D eigenvalue weighted by Crippen LogP contribution is -2.17. The van der Waals surface area contributed by atoms with Crippen LogP contribution in [0.25, 0.3) is 22.3 Å². The van der Waals surface area contributed by atoms with Crippen LogP contribution in [-0.4, -0.2) is 43.5 Å². The number of hydrogen-bond donors (Lipinski definition) is 1. The zero-order valence-corrected chi connectivity index (χ0v) is 34.9. The summed E-state index contributed by atoms with van der Waals surface area (Å²) >= 11 is 0. The van der Waals surface area contributed by atoms with Gasteiger partial charge in [0.05, 0.1) is 50.0 Å². The first-order valence-corrected chi connectivity index (χ1v) is 19.8. The van der Waals surface area contributed by atoms with Crippen LogP contribution in [0, 0.1) is 0 Å². The Kier molecular flexibility index (Phi) is 16.7. The molecule has 0 aromatic heterocycles. The van der Waals surface area contributed by atoms with Gasteiger partial charge in [-0.3, -0.25) is 14.4 Å². The smallest absolute Gasteiger partial charge is 0.416 e. The fraction of sp³-hybridized carbons (Fsp3) is 0.200. The highest BCUT2D eigenvalue weighted by Gasteiger charge is 2.31. The van der Waals surface area contributed by atoms with Crippen LogP contribution in [0.4, 0.5) is 26.3 Å². The van der Waals surface area contributed by atoms with E-state index in [9.17, 15) is 50.6 Å². The van der Waals surface area contributed by atoms with Crippen molar-refractivity contribution in [3.63, 3.8) is 0 Å². The van der Waals surface area contributed by atoms with Gasteiger partial charge in [0, 0.05) is 0 Å². The molecule has 0 saturated carbocycles. The number of rotatable bonds is 16. The largest absolute Gasteiger partial charge is 0.489 e. The van der Waals surface area contributed by atoms with Crippen LogP contribution < -0.4 is 9.47 Å². The molecule has 0 fully saturated rings. The first-order valence-electron chi connectivity index (χ1n) is 19.8. The Bertz CT molecular complexity index is 2520. The van der Waals surface area contributed by atoms with Gasteiger partial charge < -0.3 is 28.8 Å². The molecule has 0 spiro atoms. The molecule has 15 heteroatoms. The normalized spacial score (nSPS) is 12.1. The van der Waals surface area contributed by atoms with Crippen molar-refractivity contribution in [2.24, 2.45) is 0 Å². The van der Waals surface area contributed by atoms with Gasteiger partial charge in [0.15, 0.2) is 0 Å². The summed E-state index contributed by atoms with van der Waals surface area (Å²) in [5.74, 6) is -2.73. The van der Waals surface area contributed by atoms with Gasteiger partial charge in [-0.15, -0.1) is 0 Å². The number of ether oxygens (including phenoxy) is 4. The lowest BCUT2D eigenvalue weighted by Gasteiger charge is -2.13. The maximum atomic E-state index is 12.8. The van der Waals surface area contributed by atoms with Crippen LogP contribution >= 0.6 is 0 Å². The van der Waals surface area contributed by atoms with Crippen molar-refractivity contribution in [1.29, 1.82) is 0 Å². The summed E-state index contributed by atoms with van der Waals surface area (Å²) in [6.07, 6.45) is -8.35. The van der Waals surface area contributed by atoms with E-state index < -0.39 is 53.2 Å². The topological polar surface area (TPSA) is 125 Å². The Balaban J connectivity index is 0.000000244. The average Bonchev–Trinajstić information content (AvgIpc) is 3.31. The molecule has 1 N–H and O–H groups in total. The number of esters is 2. The van der Waals surface area contributed by atoms with Gasteiger partial charge in [-0.2, -0.15) is 26.3 Å². The number of carboxylic acid groups (broad SMARTS) is 1. The number of carbonyl (C=O) groups excluding carboxylic acids is 3. The predicted octanol–water partition coefficient (Wildman–Crippen LogP) is 11.5. The number of aldehydes is 1. The summed E-state index contributed by atoms with van der Waals surface area (Å²) in [5.41, 5.74) is 4.27. The number of methoxy groups -OCH3 is 2. The Morgan fingerprint density at radius 3 is 1.31 bits per heavy atom. The molecule has 0 aliphatic carbocycles. The summed E-state index contributed by atoms with van der Waals surface area (Å²) in [6, 6.07) is 37.8. The zero-order chi connectivity index (χ0) is 47.1. The van der Waals surface area contributed by atoms with E-state index in [2.05, 4.69) is 9.47 Å². The van der Waals surface area contributed by atoms with E-state index in [1.54, 1.807) is 60.7 Å². The number of aliphatic carboxylic acids is 1. The molecule has 0 aliphatic heterocycles. The summed E-state index contributed by atoms with van der Waals surface area (Å²) in [6.45, 7) is 0.464. The highest BCUT2D eigenvalue weighted by molar-refractivity contribution is 5.83. The second-order valence-electron chi connectivity index (χ2n) is 14.5. The van der Waals surface area contributed by atoms with E-state index in [0.717, 1.165) is 46.5 Å². The Morgan fingerprint density at radius 1 is 0.538 bits per heavy atom. The summed E-state index contributed by atoms with van der Waals surface area (Å²) < 4.78 is 97.3. The first kappa shape index (κ1) is 48.6. The summed E-state index contributed by atoms with van der Waals surface area (Å²) in [5, 5.41) is 9.37. The number of hydrogen-bond acceptors (Lipinski definition) is 8. The summed E-state index contributed by atoms with van der Waals surface area (Å²) in [4.78, 5) is 45.6. The standard InChI is InChI=1S/C25H21F3O5.C25H21F3O4/c1-32-23(29)14-22(24(30)31)18-7-11-21(12-8-18)33-15-16-3-2-4-19(13-16)17-5-9-20(10-6-17)25(26,27)28;1-31-24(30)14-21(15-29)19-7-11-23(12-8-19)32-16-17-3-2-4-20(13-17)18-5-9-22(10-6-18)25(26,27)28/h2-13,22H,14-15H2,1H3,(H,30,31);2-13,15,21H,14,16H2,1H3/t22-;21-/m01/s1. The number of alkyl halides is 6. The van der Waals surface area contributed by atoms with Gasteiger partial charge in [-0.05, 0) is 105 Å². The van der Waals surface area contributed by atoms with Gasteiger partial charge in [-0.1, -0.05) is 84.9 Å². The maximum Gasteiger partial charge on any atom is 0.416 e. The molecule has 0 bridgehead atoms. The minimum absolute atomic E-state index is 0.0308. The van der Waals surface area contributed by atoms with Crippen LogP contribution in [0.1, 0.15) is 58.1 Å². The quantitative estimate of drug-likeness (QED) is 0.0574. The summed E-state index contributed by atoms with van der Waals surface area (Å²) in [7, 11) is 2.47. The molecule has 338 valence electrons. The van der Waals surface area contributed by atoms with Gasteiger partial charge >= 0.3 is 30.3 Å².